The highest BCUT2D eigenvalue weighted by Crippen LogP contribution is 2.44. The molecule has 0 spiro atoms. The third-order valence-corrected chi connectivity index (χ3v) is 11.6. The van der Waals surface area contributed by atoms with Gasteiger partial charge < -0.3 is 0 Å². The molecule has 0 amide bonds. The topological polar surface area (TPSA) is 0 Å². The van der Waals surface area contributed by atoms with Gasteiger partial charge >= 0.3 is 0 Å². The molecule has 56 heavy (non-hydrogen) atoms. The van der Waals surface area contributed by atoms with Gasteiger partial charge in [-0.15, -0.1) is 0 Å². The van der Waals surface area contributed by atoms with Gasteiger partial charge in [0.2, 0.25) is 0 Å². The molecule has 0 atom stereocenters. The van der Waals surface area contributed by atoms with Crippen molar-refractivity contribution in [2.75, 3.05) is 0 Å². The van der Waals surface area contributed by atoms with Crippen molar-refractivity contribution in [1.29, 1.82) is 0 Å². The largest absolute Gasteiger partial charge is 0.0622 e. The first kappa shape index (κ1) is 32.2. The van der Waals surface area contributed by atoms with Crippen LogP contribution in [0.4, 0.5) is 0 Å². The summed E-state index contributed by atoms with van der Waals surface area (Å²) in [6.07, 6.45) is 0. The average molecular weight is 709 g/mol. The quantitative estimate of drug-likeness (QED) is 0.156. The number of benzene rings is 11. The van der Waals surface area contributed by atoms with Crippen LogP contribution in [0.5, 0.6) is 0 Å². The molecule has 0 bridgehead atoms. The van der Waals surface area contributed by atoms with E-state index in [1.807, 2.05) is 0 Å². The summed E-state index contributed by atoms with van der Waals surface area (Å²) in [5.74, 6) is 0. The van der Waals surface area contributed by atoms with Gasteiger partial charge in [0.25, 0.3) is 0 Å². The Hall–Kier alpha value is -7.28. The van der Waals surface area contributed by atoms with Gasteiger partial charge in [-0.25, -0.2) is 0 Å². The highest BCUT2D eigenvalue weighted by Gasteiger charge is 2.17. The Bertz CT molecular complexity index is 3260. The Morgan fingerprint density at radius 2 is 0.625 bits per heavy atom. The van der Waals surface area contributed by atoms with E-state index < -0.39 is 0 Å². The zero-order valence-electron chi connectivity index (χ0n) is 30.8. The predicted molar refractivity (Wildman–Crippen MR) is 241 cm³/mol. The van der Waals surface area contributed by atoms with Crippen molar-refractivity contribution in [3.63, 3.8) is 0 Å². The summed E-state index contributed by atoms with van der Waals surface area (Å²) in [6, 6.07) is 80.5. The fourth-order valence-corrected chi connectivity index (χ4v) is 8.81. The summed E-state index contributed by atoms with van der Waals surface area (Å²) < 4.78 is 0. The van der Waals surface area contributed by atoms with E-state index in [0.29, 0.717) is 0 Å². The molecule has 0 N–H and O–H groups in total. The first-order chi connectivity index (χ1) is 27.7. The lowest BCUT2D eigenvalue weighted by molar-refractivity contribution is 1.62. The molecule has 260 valence electrons. The Morgan fingerprint density at radius 3 is 1.25 bits per heavy atom. The Labute approximate surface area is 326 Å². The second-order valence-electron chi connectivity index (χ2n) is 14.9. The maximum Gasteiger partial charge on any atom is -0.00923 e. The van der Waals surface area contributed by atoms with Gasteiger partial charge in [-0.05, 0) is 140 Å². The summed E-state index contributed by atoms with van der Waals surface area (Å²) in [4.78, 5) is 0. The SMILES string of the molecule is c1ccc(-c2ccc3c(c2)c(-c2ccc(-c4cccc5ccccc45)cc2)cc2c4ccc(-c5ccccc5)cc4c(-c4ccc5ccccc5c4)cc32)cc1. The van der Waals surface area contributed by atoms with Crippen molar-refractivity contribution in [1.82, 2.24) is 0 Å². The van der Waals surface area contributed by atoms with Crippen LogP contribution in [-0.4, -0.2) is 0 Å². The number of hydrogen-bond acceptors (Lipinski definition) is 0. The summed E-state index contributed by atoms with van der Waals surface area (Å²) >= 11 is 0. The minimum atomic E-state index is 1.21. The molecule has 0 radical (unpaired) electrons. The molecule has 11 aromatic carbocycles. The summed E-state index contributed by atoms with van der Waals surface area (Å²) in [6.45, 7) is 0. The molecule has 11 aromatic rings. The van der Waals surface area contributed by atoms with Crippen LogP contribution in [-0.2, 0) is 0 Å². The second-order valence-corrected chi connectivity index (χ2v) is 14.9. The van der Waals surface area contributed by atoms with Gasteiger partial charge in [0.1, 0.15) is 0 Å². The molecule has 0 saturated heterocycles. The third kappa shape index (κ3) is 5.46. The van der Waals surface area contributed by atoms with Gasteiger partial charge in [0.05, 0.1) is 0 Å². The molecule has 0 aliphatic carbocycles. The van der Waals surface area contributed by atoms with E-state index in [1.54, 1.807) is 0 Å². The average Bonchev–Trinajstić information content (AvgIpc) is 3.28. The molecule has 0 saturated carbocycles. The zero-order chi connectivity index (χ0) is 37.0. The maximum absolute atomic E-state index is 2.45. The molecule has 0 aliphatic heterocycles. The van der Waals surface area contributed by atoms with Crippen LogP contribution in [0.25, 0.3) is 109 Å². The Morgan fingerprint density at radius 1 is 0.161 bits per heavy atom. The van der Waals surface area contributed by atoms with Gasteiger partial charge in [-0.1, -0.05) is 188 Å². The summed E-state index contributed by atoms with van der Waals surface area (Å²) in [5, 5.41) is 12.6. The monoisotopic (exact) mass is 708 g/mol. The van der Waals surface area contributed by atoms with E-state index in [9.17, 15) is 0 Å². The van der Waals surface area contributed by atoms with Crippen molar-refractivity contribution >= 4 is 53.9 Å². The molecule has 11 rings (SSSR count). The molecular formula is C56H36. The van der Waals surface area contributed by atoms with Gasteiger partial charge in [-0.3, -0.25) is 0 Å². The van der Waals surface area contributed by atoms with E-state index in [0.717, 1.165) is 0 Å². The fraction of sp³-hybridized carbons (Fsp3) is 0. The van der Waals surface area contributed by atoms with E-state index >= 15 is 0 Å². The van der Waals surface area contributed by atoms with Crippen molar-refractivity contribution in [2.24, 2.45) is 0 Å². The molecule has 0 heteroatoms. The number of rotatable bonds is 5. The third-order valence-electron chi connectivity index (χ3n) is 11.6. The molecule has 0 aromatic heterocycles. The minimum Gasteiger partial charge on any atom is -0.0622 e. The molecule has 0 nitrogen and oxygen atoms in total. The first-order valence-corrected chi connectivity index (χ1v) is 19.4. The van der Waals surface area contributed by atoms with Crippen LogP contribution in [0.3, 0.4) is 0 Å². The van der Waals surface area contributed by atoms with Crippen LogP contribution in [0, 0.1) is 0 Å². The smallest absolute Gasteiger partial charge is 0.00923 e. The van der Waals surface area contributed by atoms with E-state index in [1.165, 1.54) is 109 Å². The number of fused-ring (bicyclic) bond motifs is 7. The van der Waals surface area contributed by atoms with Gasteiger partial charge in [-0.2, -0.15) is 0 Å². The molecule has 0 aliphatic rings. The summed E-state index contributed by atoms with van der Waals surface area (Å²) in [5.41, 5.74) is 12.3. The van der Waals surface area contributed by atoms with Crippen molar-refractivity contribution in [3.05, 3.63) is 218 Å². The van der Waals surface area contributed by atoms with Crippen LogP contribution in [0.15, 0.2) is 218 Å². The molecule has 0 fully saturated rings. The van der Waals surface area contributed by atoms with Crippen molar-refractivity contribution in [2.45, 2.75) is 0 Å². The highest BCUT2D eigenvalue weighted by atomic mass is 14.2. The standard InChI is InChI=1S/C56H36/c1-3-12-37(13-4-1)44-28-30-49-53(33-44)51(42-25-23-41(24-26-42)48-21-11-19-40-17-9-10-20-47(40)48)35-55-50-31-29-45(38-14-5-2-6-15-38)34-54(50)52(36-56(49)55)46-27-22-39-16-7-8-18-43(39)32-46/h1-36H. The Balaban J connectivity index is 1.19. The van der Waals surface area contributed by atoms with E-state index in [2.05, 4.69) is 218 Å². The molecular weight excluding hydrogens is 673 g/mol. The summed E-state index contributed by atoms with van der Waals surface area (Å²) in [7, 11) is 0. The fourth-order valence-electron chi connectivity index (χ4n) is 8.81. The van der Waals surface area contributed by atoms with Crippen LogP contribution in [0.2, 0.25) is 0 Å². The highest BCUT2D eigenvalue weighted by molar-refractivity contribution is 6.24. The van der Waals surface area contributed by atoms with Gasteiger partial charge in [0.15, 0.2) is 0 Å². The van der Waals surface area contributed by atoms with Crippen molar-refractivity contribution < 1.29 is 0 Å². The molecule has 0 heterocycles. The van der Waals surface area contributed by atoms with E-state index in [-0.39, 0.29) is 0 Å². The number of hydrogen-bond donors (Lipinski definition) is 0. The lowest BCUT2D eigenvalue weighted by Gasteiger charge is -2.18. The zero-order valence-corrected chi connectivity index (χ0v) is 30.8. The molecule has 0 unspecified atom stereocenters. The second kappa shape index (κ2) is 13.2. The van der Waals surface area contributed by atoms with Crippen LogP contribution < -0.4 is 0 Å². The first-order valence-electron chi connectivity index (χ1n) is 19.4. The van der Waals surface area contributed by atoms with Gasteiger partial charge in [0, 0.05) is 0 Å². The van der Waals surface area contributed by atoms with Crippen LogP contribution in [0.1, 0.15) is 0 Å². The maximum atomic E-state index is 2.45. The van der Waals surface area contributed by atoms with Crippen LogP contribution >= 0.6 is 0 Å². The predicted octanol–water partition coefficient (Wildman–Crippen LogP) is 15.8. The normalized spacial score (nSPS) is 11.6. The van der Waals surface area contributed by atoms with E-state index in [4.69, 9.17) is 0 Å². The Kier molecular flexibility index (Phi) is 7.60. The minimum absolute atomic E-state index is 1.21. The lowest BCUT2D eigenvalue weighted by atomic mass is 9.85. The van der Waals surface area contributed by atoms with Crippen molar-refractivity contribution in [3.8, 4) is 55.6 Å². The lowest BCUT2D eigenvalue weighted by Crippen LogP contribution is -1.91.